The lowest BCUT2D eigenvalue weighted by Crippen LogP contribution is -2.16. The third kappa shape index (κ3) is 3.13. The molecule has 4 rings (SSSR count). The fourth-order valence-corrected chi connectivity index (χ4v) is 3.69. The van der Waals surface area contributed by atoms with Gasteiger partial charge in [-0.3, -0.25) is 9.78 Å². The SMILES string of the molecule is O=C(c1cc(-c2cc(Cl)cc(Cl)c2)ccn1)C1CNc2ccccc21. The summed E-state index contributed by atoms with van der Waals surface area (Å²) in [6.07, 6.45) is 1.64. The second-order valence-corrected chi connectivity index (χ2v) is 6.85. The van der Waals surface area contributed by atoms with E-state index in [4.69, 9.17) is 23.2 Å². The molecule has 0 saturated carbocycles. The number of aromatic nitrogens is 1. The van der Waals surface area contributed by atoms with Gasteiger partial charge in [0.2, 0.25) is 0 Å². The molecular formula is C20H14Cl2N2O. The van der Waals surface area contributed by atoms with E-state index >= 15 is 0 Å². The molecule has 5 heteroatoms. The second-order valence-electron chi connectivity index (χ2n) is 5.97. The number of ketones is 1. The monoisotopic (exact) mass is 368 g/mol. The fraction of sp³-hybridized carbons (Fsp3) is 0.100. The van der Waals surface area contributed by atoms with Gasteiger partial charge in [0.25, 0.3) is 0 Å². The zero-order valence-corrected chi connectivity index (χ0v) is 14.7. The number of halogens is 2. The standard InChI is InChI=1S/C20H14Cl2N2O/c21-14-7-13(8-15(22)10-14)12-5-6-23-19(9-12)20(25)17-11-24-18-4-2-1-3-16(17)18/h1-10,17,24H,11H2. The quantitative estimate of drug-likeness (QED) is 0.625. The van der Waals surface area contributed by atoms with Crippen molar-refractivity contribution in [2.75, 3.05) is 11.9 Å². The number of carbonyl (C=O) groups is 1. The Morgan fingerprint density at radius 3 is 2.56 bits per heavy atom. The van der Waals surface area contributed by atoms with Crippen LogP contribution in [0, 0.1) is 0 Å². The zero-order chi connectivity index (χ0) is 17.4. The molecule has 1 aliphatic heterocycles. The first kappa shape index (κ1) is 16.1. The Morgan fingerprint density at radius 2 is 1.76 bits per heavy atom. The van der Waals surface area contributed by atoms with Crippen molar-refractivity contribution < 1.29 is 4.79 Å². The van der Waals surface area contributed by atoms with Crippen LogP contribution in [-0.4, -0.2) is 17.3 Å². The molecule has 25 heavy (non-hydrogen) atoms. The third-order valence-electron chi connectivity index (χ3n) is 4.36. The van der Waals surface area contributed by atoms with Crippen LogP contribution in [0.3, 0.4) is 0 Å². The van der Waals surface area contributed by atoms with Crippen LogP contribution < -0.4 is 5.32 Å². The molecule has 124 valence electrons. The van der Waals surface area contributed by atoms with Crippen molar-refractivity contribution in [1.29, 1.82) is 0 Å². The maximum Gasteiger partial charge on any atom is 0.190 e. The highest BCUT2D eigenvalue weighted by Crippen LogP contribution is 2.34. The highest BCUT2D eigenvalue weighted by atomic mass is 35.5. The third-order valence-corrected chi connectivity index (χ3v) is 4.79. The van der Waals surface area contributed by atoms with E-state index in [0.29, 0.717) is 22.3 Å². The van der Waals surface area contributed by atoms with E-state index in [0.717, 1.165) is 22.4 Å². The number of hydrogen-bond donors (Lipinski definition) is 1. The summed E-state index contributed by atoms with van der Waals surface area (Å²) in [6, 6.07) is 16.8. The average Bonchev–Trinajstić information content (AvgIpc) is 3.04. The first-order chi connectivity index (χ1) is 12.1. The number of rotatable bonds is 3. The Labute approximate surface area is 155 Å². The van der Waals surface area contributed by atoms with Crippen molar-refractivity contribution in [3.63, 3.8) is 0 Å². The summed E-state index contributed by atoms with van der Waals surface area (Å²) in [6.45, 7) is 0.590. The van der Waals surface area contributed by atoms with Gasteiger partial charge in [-0.15, -0.1) is 0 Å². The molecule has 0 spiro atoms. The van der Waals surface area contributed by atoms with Crippen LogP contribution in [-0.2, 0) is 0 Å². The van der Waals surface area contributed by atoms with Gasteiger partial charge in [0.15, 0.2) is 5.78 Å². The molecule has 3 aromatic rings. The Kier molecular flexibility index (Phi) is 4.20. The smallest absolute Gasteiger partial charge is 0.190 e. The van der Waals surface area contributed by atoms with E-state index in [-0.39, 0.29) is 11.7 Å². The number of nitrogens with one attached hydrogen (secondary N) is 1. The minimum atomic E-state index is -0.220. The van der Waals surface area contributed by atoms with Gasteiger partial charge in [-0.25, -0.2) is 0 Å². The van der Waals surface area contributed by atoms with E-state index < -0.39 is 0 Å². The van der Waals surface area contributed by atoms with Crippen molar-refractivity contribution in [2.24, 2.45) is 0 Å². The van der Waals surface area contributed by atoms with Crippen molar-refractivity contribution in [2.45, 2.75) is 5.92 Å². The van der Waals surface area contributed by atoms with Crippen LogP contribution in [0.1, 0.15) is 22.0 Å². The average molecular weight is 369 g/mol. The number of hydrogen-bond acceptors (Lipinski definition) is 3. The summed E-state index contributed by atoms with van der Waals surface area (Å²) >= 11 is 12.2. The van der Waals surface area contributed by atoms with Crippen molar-refractivity contribution >= 4 is 34.7 Å². The molecule has 1 atom stereocenters. The van der Waals surface area contributed by atoms with Gasteiger partial charge in [0.1, 0.15) is 5.69 Å². The van der Waals surface area contributed by atoms with Crippen molar-refractivity contribution in [3.8, 4) is 11.1 Å². The molecule has 0 saturated heterocycles. The van der Waals surface area contributed by atoms with E-state index in [2.05, 4.69) is 10.3 Å². The Hall–Kier alpha value is -2.36. The van der Waals surface area contributed by atoms with E-state index in [1.165, 1.54) is 0 Å². The molecular weight excluding hydrogens is 355 g/mol. The van der Waals surface area contributed by atoms with Gasteiger partial charge < -0.3 is 5.32 Å². The first-order valence-corrected chi connectivity index (χ1v) is 8.67. The number of fused-ring (bicyclic) bond motifs is 1. The summed E-state index contributed by atoms with van der Waals surface area (Å²) in [5.74, 6) is -0.214. The van der Waals surface area contributed by atoms with E-state index in [1.54, 1.807) is 18.3 Å². The molecule has 2 heterocycles. The van der Waals surface area contributed by atoms with Gasteiger partial charge in [0.05, 0.1) is 5.92 Å². The summed E-state index contributed by atoms with van der Waals surface area (Å²) in [5, 5.41) is 4.39. The highest BCUT2D eigenvalue weighted by molar-refractivity contribution is 6.35. The van der Waals surface area contributed by atoms with E-state index in [9.17, 15) is 4.79 Å². The minimum absolute atomic E-state index is 0.00688. The fourth-order valence-electron chi connectivity index (χ4n) is 3.16. The zero-order valence-electron chi connectivity index (χ0n) is 13.2. The largest absolute Gasteiger partial charge is 0.384 e. The lowest BCUT2D eigenvalue weighted by atomic mass is 9.93. The summed E-state index contributed by atoms with van der Waals surface area (Å²) in [7, 11) is 0. The Bertz CT molecular complexity index is 951. The summed E-state index contributed by atoms with van der Waals surface area (Å²) < 4.78 is 0. The lowest BCUT2D eigenvalue weighted by molar-refractivity contribution is 0.0961. The maximum absolute atomic E-state index is 13.0. The van der Waals surface area contributed by atoms with Crippen LogP contribution in [0.5, 0.6) is 0 Å². The first-order valence-electron chi connectivity index (χ1n) is 7.91. The van der Waals surface area contributed by atoms with Gasteiger partial charge in [-0.1, -0.05) is 41.4 Å². The molecule has 0 radical (unpaired) electrons. The number of anilines is 1. The highest BCUT2D eigenvalue weighted by Gasteiger charge is 2.29. The predicted molar refractivity (Wildman–Crippen MR) is 102 cm³/mol. The topological polar surface area (TPSA) is 42.0 Å². The van der Waals surface area contributed by atoms with Crippen LogP contribution in [0.2, 0.25) is 10.0 Å². The molecule has 0 amide bonds. The lowest BCUT2D eigenvalue weighted by Gasteiger charge is -2.10. The Morgan fingerprint density at radius 1 is 1.00 bits per heavy atom. The van der Waals surface area contributed by atoms with Crippen LogP contribution in [0.4, 0.5) is 5.69 Å². The summed E-state index contributed by atoms with van der Waals surface area (Å²) in [5.41, 5.74) is 4.20. The number of pyridine rings is 1. The molecule has 1 aromatic heterocycles. The van der Waals surface area contributed by atoms with E-state index in [1.807, 2.05) is 42.5 Å². The van der Waals surface area contributed by atoms with Crippen molar-refractivity contribution in [3.05, 3.63) is 82.1 Å². The number of carbonyl (C=O) groups excluding carboxylic acids is 1. The molecule has 0 fully saturated rings. The molecule has 0 bridgehead atoms. The van der Waals surface area contributed by atoms with Gasteiger partial charge in [-0.05, 0) is 53.1 Å². The van der Waals surface area contributed by atoms with Gasteiger partial charge in [-0.2, -0.15) is 0 Å². The second kappa shape index (κ2) is 6.51. The normalized spacial score (nSPS) is 15.5. The minimum Gasteiger partial charge on any atom is -0.384 e. The predicted octanol–water partition coefficient (Wildman–Crippen LogP) is 5.45. The number of nitrogens with zero attached hydrogens (tertiary/aromatic N) is 1. The molecule has 1 N–H and O–H groups in total. The number of Topliss-reactive ketones (excluding diaryl/α,β-unsaturated/α-hetero) is 1. The van der Waals surface area contributed by atoms with Gasteiger partial charge >= 0.3 is 0 Å². The molecule has 1 unspecified atom stereocenters. The molecule has 3 nitrogen and oxygen atoms in total. The molecule has 2 aromatic carbocycles. The Balaban J connectivity index is 1.69. The van der Waals surface area contributed by atoms with Crippen molar-refractivity contribution in [1.82, 2.24) is 4.98 Å². The molecule has 1 aliphatic rings. The number of para-hydroxylation sites is 1. The number of benzene rings is 2. The van der Waals surface area contributed by atoms with Crippen LogP contribution >= 0.6 is 23.2 Å². The van der Waals surface area contributed by atoms with Crippen LogP contribution in [0.25, 0.3) is 11.1 Å². The maximum atomic E-state index is 13.0. The van der Waals surface area contributed by atoms with Gasteiger partial charge in [0, 0.05) is 28.5 Å². The van der Waals surface area contributed by atoms with Crippen LogP contribution in [0.15, 0.2) is 60.8 Å². The summed E-state index contributed by atoms with van der Waals surface area (Å²) in [4.78, 5) is 17.3. The molecule has 0 aliphatic carbocycles.